The number of piperidine rings is 1. The Morgan fingerprint density at radius 2 is 2.03 bits per heavy atom. The van der Waals surface area contributed by atoms with Crippen molar-refractivity contribution < 1.29 is 9.90 Å². The van der Waals surface area contributed by atoms with Crippen molar-refractivity contribution in [1.29, 1.82) is 0 Å². The van der Waals surface area contributed by atoms with Gasteiger partial charge < -0.3 is 15.0 Å². The molecule has 3 aromatic rings. The van der Waals surface area contributed by atoms with Gasteiger partial charge in [0.2, 0.25) is 5.91 Å². The molecule has 0 saturated carbocycles. The molecule has 1 aliphatic heterocycles. The number of hydrogen-bond donors (Lipinski definition) is 2. The van der Waals surface area contributed by atoms with Crippen molar-refractivity contribution in [3.05, 3.63) is 76.0 Å². The number of likely N-dealkylation sites (tertiary alicyclic amines) is 1. The van der Waals surface area contributed by atoms with Crippen molar-refractivity contribution in [3.63, 3.8) is 0 Å². The minimum absolute atomic E-state index is 0.0653. The van der Waals surface area contributed by atoms with E-state index in [1.165, 1.54) is 0 Å². The third-order valence-corrected chi connectivity index (χ3v) is 6.53. The molecule has 2 aliphatic rings. The number of phenolic OH excluding ortho intramolecular Hbond substituents is 1. The van der Waals surface area contributed by atoms with Gasteiger partial charge in [0.15, 0.2) is 0 Å². The lowest BCUT2D eigenvalue weighted by Crippen LogP contribution is -2.48. The number of nitrogens with one attached hydrogen (secondary N) is 1. The summed E-state index contributed by atoms with van der Waals surface area (Å²) in [6.07, 6.45) is 7.01. The van der Waals surface area contributed by atoms with Gasteiger partial charge >= 0.3 is 0 Å². The number of aromatic amines is 1. The highest BCUT2D eigenvalue weighted by molar-refractivity contribution is 5.79. The molecule has 1 amide bonds. The molecule has 158 valence electrons. The molecule has 1 aliphatic carbocycles. The van der Waals surface area contributed by atoms with Crippen molar-refractivity contribution in [2.24, 2.45) is 0 Å². The van der Waals surface area contributed by atoms with E-state index in [-0.39, 0.29) is 22.6 Å². The Morgan fingerprint density at radius 1 is 1.19 bits per heavy atom. The smallest absolute Gasteiger partial charge is 0.254 e. The minimum Gasteiger partial charge on any atom is -0.508 e. The number of rotatable bonds is 3. The van der Waals surface area contributed by atoms with Gasteiger partial charge in [-0.3, -0.25) is 14.6 Å². The zero-order valence-corrected chi connectivity index (χ0v) is 17.2. The first-order valence-corrected chi connectivity index (χ1v) is 10.6. The summed E-state index contributed by atoms with van der Waals surface area (Å²) in [4.78, 5) is 39.7. The monoisotopic (exact) mass is 416 g/mol. The molecule has 0 bridgehead atoms. The zero-order valence-electron chi connectivity index (χ0n) is 17.2. The van der Waals surface area contributed by atoms with E-state index in [4.69, 9.17) is 4.98 Å². The summed E-state index contributed by atoms with van der Waals surface area (Å²) in [6.45, 7) is 1.30. The van der Waals surface area contributed by atoms with Crippen molar-refractivity contribution in [2.45, 2.75) is 37.5 Å². The Bertz CT molecular complexity index is 1170. The average Bonchev–Trinajstić information content (AvgIpc) is 3.14. The highest BCUT2D eigenvalue weighted by Gasteiger charge is 2.45. The van der Waals surface area contributed by atoms with Crippen molar-refractivity contribution in [2.75, 3.05) is 13.1 Å². The molecular formula is C24H24N4O3. The van der Waals surface area contributed by atoms with Crippen molar-refractivity contribution in [1.82, 2.24) is 19.9 Å². The molecule has 1 aromatic carbocycles. The Hall–Kier alpha value is -3.48. The van der Waals surface area contributed by atoms with Crippen LogP contribution in [-0.2, 0) is 23.1 Å². The SMILES string of the molecule is O=C(Cc1ccc(O)cc1)N1CCCC2(CCc3c2nc(-c2cccnc2)[nH]c3=O)C1. The van der Waals surface area contributed by atoms with Crippen LogP contribution in [0.5, 0.6) is 5.75 Å². The first-order chi connectivity index (χ1) is 15.0. The van der Waals surface area contributed by atoms with E-state index in [9.17, 15) is 14.7 Å². The van der Waals surface area contributed by atoms with E-state index in [1.54, 1.807) is 36.7 Å². The van der Waals surface area contributed by atoms with E-state index < -0.39 is 0 Å². The van der Waals surface area contributed by atoms with Crippen LogP contribution >= 0.6 is 0 Å². The lowest BCUT2D eigenvalue weighted by molar-refractivity contribution is -0.132. The number of nitrogens with zero attached hydrogens (tertiary/aromatic N) is 3. The first-order valence-electron chi connectivity index (χ1n) is 10.6. The fraction of sp³-hybridized carbons (Fsp3) is 0.333. The van der Waals surface area contributed by atoms with Crippen LogP contribution in [0.2, 0.25) is 0 Å². The van der Waals surface area contributed by atoms with E-state index in [0.717, 1.165) is 41.6 Å². The van der Waals surface area contributed by atoms with Gasteiger partial charge in [-0.1, -0.05) is 12.1 Å². The molecular weight excluding hydrogens is 392 g/mol. The molecule has 1 atom stereocenters. The molecule has 3 heterocycles. The zero-order chi connectivity index (χ0) is 21.4. The van der Waals surface area contributed by atoms with Gasteiger partial charge in [0.05, 0.1) is 12.1 Å². The standard InChI is InChI=1S/C24H24N4O3/c29-18-6-4-16(5-7-18)13-20(30)28-12-2-9-24(15-28)10-8-19-21(24)26-22(27-23(19)31)17-3-1-11-25-14-17/h1,3-7,11,14,29H,2,8-10,12-13,15H2,(H,26,27,31). The van der Waals surface area contributed by atoms with Crippen LogP contribution < -0.4 is 5.56 Å². The van der Waals surface area contributed by atoms with Gasteiger partial charge in [-0.25, -0.2) is 4.98 Å². The largest absolute Gasteiger partial charge is 0.508 e. The maximum Gasteiger partial charge on any atom is 0.254 e. The summed E-state index contributed by atoms with van der Waals surface area (Å²) < 4.78 is 0. The van der Waals surface area contributed by atoms with Crippen LogP contribution in [0.4, 0.5) is 0 Å². The Morgan fingerprint density at radius 3 is 2.81 bits per heavy atom. The second-order valence-electron chi connectivity index (χ2n) is 8.53. The lowest BCUT2D eigenvalue weighted by atomic mass is 9.77. The number of carbonyl (C=O) groups is 1. The number of aromatic hydroxyl groups is 1. The Kier molecular flexibility index (Phi) is 4.81. The third kappa shape index (κ3) is 3.60. The summed E-state index contributed by atoms with van der Waals surface area (Å²) >= 11 is 0. The van der Waals surface area contributed by atoms with Crippen molar-refractivity contribution >= 4 is 5.91 Å². The number of benzene rings is 1. The normalized spacial score (nSPS) is 20.1. The van der Waals surface area contributed by atoms with E-state index in [0.29, 0.717) is 31.8 Å². The summed E-state index contributed by atoms with van der Waals surface area (Å²) in [5, 5.41) is 9.46. The Balaban J connectivity index is 1.43. The number of hydrogen-bond acceptors (Lipinski definition) is 5. The van der Waals surface area contributed by atoms with Crippen LogP contribution in [0, 0.1) is 0 Å². The van der Waals surface area contributed by atoms with Gasteiger partial charge in [0.25, 0.3) is 5.56 Å². The number of phenols is 1. The van der Waals surface area contributed by atoms with Crippen LogP contribution in [0.1, 0.15) is 36.1 Å². The van der Waals surface area contributed by atoms with Gasteiger partial charge in [-0.05, 0) is 55.5 Å². The molecule has 7 heteroatoms. The number of carbonyl (C=O) groups excluding carboxylic acids is 1. The summed E-state index contributed by atoms with van der Waals surface area (Å²) in [6, 6.07) is 10.5. The molecule has 31 heavy (non-hydrogen) atoms. The molecule has 5 rings (SSSR count). The number of fused-ring (bicyclic) bond motifs is 2. The van der Waals surface area contributed by atoms with Crippen LogP contribution in [0.15, 0.2) is 53.6 Å². The van der Waals surface area contributed by atoms with Crippen LogP contribution in [-0.4, -0.2) is 44.0 Å². The quantitative estimate of drug-likeness (QED) is 0.684. The molecule has 1 unspecified atom stereocenters. The van der Waals surface area contributed by atoms with Gasteiger partial charge in [0.1, 0.15) is 11.6 Å². The van der Waals surface area contributed by atoms with Gasteiger partial charge in [0, 0.05) is 42.0 Å². The van der Waals surface area contributed by atoms with Crippen LogP contribution in [0.3, 0.4) is 0 Å². The minimum atomic E-state index is -0.274. The third-order valence-electron chi connectivity index (χ3n) is 6.53. The van der Waals surface area contributed by atoms with Gasteiger partial charge in [-0.2, -0.15) is 0 Å². The fourth-order valence-corrected chi connectivity index (χ4v) is 4.93. The molecule has 0 radical (unpaired) electrons. The summed E-state index contributed by atoms with van der Waals surface area (Å²) in [5.74, 6) is 0.789. The maximum atomic E-state index is 13.0. The maximum absolute atomic E-state index is 13.0. The topological polar surface area (TPSA) is 99.2 Å². The summed E-state index contributed by atoms with van der Waals surface area (Å²) in [7, 11) is 0. The van der Waals surface area contributed by atoms with E-state index in [1.807, 2.05) is 17.0 Å². The van der Waals surface area contributed by atoms with E-state index >= 15 is 0 Å². The molecule has 2 N–H and O–H groups in total. The van der Waals surface area contributed by atoms with Gasteiger partial charge in [-0.15, -0.1) is 0 Å². The number of H-pyrrole nitrogens is 1. The number of amides is 1. The fourth-order valence-electron chi connectivity index (χ4n) is 4.93. The predicted molar refractivity (Wildman–Crippen MR) is 116 cm³/mol. The van der Waals surface area contributed by atoms with Crippen molar-refractivity contribution in [3.8, 4) is 17.1 Å². The Labute approximate surface area is 179 Å². The molecule has 2 aromatic heterocycles. The highest BCUT2D eigenvalue weighted by Crippen LogP contribution is 2.43. The first kappa shape index (κ1) is 19.5. The molecule has 1 fully saturated rings. The van der Waals surface area contributed by atoms with Crippen LogP contribution in [0.25, 0.3) is 11.4 Å². The number of pyridine rings is 1. The van der Waals surface area contributed by atoms with E-state index in [2.05, 4.69) is 9.97 Å². The second kappa shape index (κ2) is 7.65. The second-order valence-corrected chi connectivity index (χ2v) is 8.53. The molecule has 1 spiro atoms. The average molecular weight is 416 g/mol. The highest BCUT2D eigenvalue weighted by atomic mass is 16.3. The summed E-state index contributed by atoms with van der Waals surface area (Å²) in [5.41, 5.74) is 2.89. The molecule has 1 saturated heterocycles. The number of aromatic nitrogens is 3. The lowest BCUT2D eigenvalue weighted by Gasteiger charge is -2.40. The molecule has 7 nitrogen and oxygen atoms in total. The predicted octanol–water partition coefficient (Wildman–Crippen LogP) is 2.59.